The van der Waals surface area contributed by atoms with Crippen molar-refractivity contribution >= 4 is 5.69 Å². The van der Waals surface area contributed by atoms with Crippen molar-refractivity contribution in [3.05, 3.63) is 53.9 Å². The zero-order chi connectivity index (χ0) is 12.4. The lowest BCUT2D eigenvalue weighted by atomic mass is 10.1. The molecule has 1 aliphatic heterocycles. The molecule has 0 spiro atoms. The summed E-state index contributed by atoms with van der Waals surface area (Å²) in [4.78, 5) is 6.60. The summed E-state index contributed by atoms with van der Waals surface area (Å²) in [6.45, 7) is 1.71. The lowest BCUT2D eigenvalue weighted by Crippen LogP contribution is -2.28. The van der Waals surface area contributed by atoms with Gasteiger partial charge in [-0.3, -0.25) is 4.98 Å². The lowest BCUT2D eigenvalue weighted by molar-refractivity contribution is 0.311. The Morgan fingerprint density at radius 1 is 1.28 bits per heavy atom. The van der Waals surface area contributed by atoms with Crippen LogP contribution in [0.4, 0.5) is 5.69 Å². The van der Waals surface area contributed by atoms with Crippen molar-refractivity contribution in [3.63, 3.8) is 0 Å². The first-order valence-electron chi connectivity index (χ1n) is 6.20. The Labute approximate surface area is 107 Å². The van der Waals surface area contributed by atoms with E-state index in [0.29, 0.717) is 0 Å². The number of anilines is 1. The standard InChI is InChI=1S/C15H16N2O/c1-17-8-9-18-15-6-5-12(11-14(15)17)10-13-4-2-3-7-16-13/h2-7,11H,8-10H2,1H3. The number of aromatic nitrogens is 1. The number of hydrogen-bond donors (Lipinski definition) is 0. The molecule has 0 unspecified atom stereocenters. The van der Waals surface area contributed by atoms with E-state index < -0.39 is 0 Å². The second-order valence-corrected chi connectivity index (χ2v) is 4.57. The predicted octanol–water partition coefficient (Wildman–Crippen LogP) is 2.50. The van der Waals surface area contributed by atoms with Crippen molar-refractivity contribution < 1.29 is 4.74 Å². The summed E-state index contributed by atoms with van der Waals surface area (Å²) in [5.41, 5.74) is 3.54. The molecule has 0 bridgehead atoms. The number of likely N-dealkylation sites (N-methyl/N-ethyl adjacent to an activating group) is 1. The number of benzene rings is 1. The second kappa shape index (κ2) is 4.69. The summed E-state index contributed by atoms with van der Waals surface area (Å²) in [6.07, 6.45) is 2.70. The summed E-state index contributed by atoms with van der Waals surface area (Å²) in [6, 6.07) is 12.4. The van der Waals surface area contributed by atoms with Gasteiger partial charge >= 0.3 is 0 Å². The molecule has 0 fully saturated rings. The monoisotopic (exact) mass is 240 g/mol. The molecule has 0 aliphatic carbocycles. The van der Waals surface area contributed by atoms with E-state index in [1.165, 1.54) is 11.3 Å². The first-order valence-corrected chi connectivity index (χ1v) is 6.20. The Balaban J connectivity index is 1.88. The van der Waals surface area contributed by atoms with E-state index in [-0.39, 0.29) is 0 Å². The zero-order valence-corrected chi connectivity index (χ0v) is 10.5. The summed E-state index contributed by atoms with van der Waals surface area (Å²) < 4.78 is 5.64. The van der Waals surface area contributed by atoms with Crippen molar-refractivity contribution in [1.29, 1.82) is 0 Å². The van der Waals surface area contributed by atoms with Crippen LogP contribution in [0.15, 0.2) is 42.6 Å². The normalized spacial score (nSPS) is 13.9. The smallest absolute Gasteiger partial charge is 0.142 e. The predicted molar refractivity (Wildman–Crippen MR) is 72.3 cm³/mol. The highest BCUT2D eigenvalue weighted by atomic mass is 16.5. The van der Waals surface area contributed by atoms with Crippen LogP contribution in [-0.4, -0.2) is 25.2 Å². The number of pyridine rings is 1. The van der Waals surface area contributed by atoms with E-state index >= 15 is 0 Å². The van der Waals surface area contributed by atoms with Gasteiger partial charge in [-0.15, -0.1) is 0 Å². The van der Waals surface area contributed by atoms with Gasteiger partial charge in [-0.25, -0.2) is 0 Å². The van der Waals surface area contributed by atoms with E-state index in [9.17, 15) is 0 Å². The van der Waals surface area contributed by atoms with Crippen LogP contribution in [-0.2, 0) is 6.42 Å². The number of fused-ring (bicyclic) bond motifs is 1. The van der Waals surface area contributed by atoms with E-state index in [0.717, 1.165) is 31.0 Å². The quantitative estimate of drug-likeness (QED) is 0.806. The van der Waals surface area contributed by atoms with Crippen molar-refractivity contribution in [2.24, 2.45) is 0 Å². The minimum Gasteiger partial charge on any atom is -0.490 e. The molecular weight excluding hydrogens is 224 g/mol. The molecule has 0 N–H and O–H groups in total. The molecule has 0 saturated heterocycles. The van der Waals surface area contributed by atoms with Crippen LogP contribution in [0.3, 0.4) is 0 Å². The van der Waals surface area contributed by atoms with Gasteiger partial charge in [-0.1, -0.05) is 12.1 Å². The van der Waals surface area contributed by atoms with Gasteiger partial charge in [0.1, 0.15) is 12.4 Å². The van der Waals surface area contributed by atoms with Crippen LogP contribution in [0.5, 0.6) is 5.75 Å². The van der Waals surface area contributed by atoms with Gasteiger partial charge in [-0.2, -0.15) is 0 Å². The molecule has 0 atom stereocenters. The van der Waals surface area contributed by atoms with E-state index in [1.54, 1.807) is 0 Å². The highest BCUT2D eigenvalue weighted by Crippen LogP contribution is 2.31. The van der Waals surface area contributed by atoms with E-state index in [2.05, 4.69) is 41.2 Å². The molecule has 0 amide bonds. The number of ether oxygens (including phenoxy) is 1. The summed E-state index contributed by atoms with van der Waals surface area (Å²) in [7, 11) is 2.10. The Bertz CT molecular complexity index is 539. The fourth-order valence-electron chi connectivity index (χ4n) is 2.22. The molecule has 18 heavy (non-hydrogen) atoms. The molecule has 2 aromatic rings. The maximum atomic E-state index is 5.64. The van der Waals surface area contributed by atoms with Gasteiger partial charge in [0.05, 0.1) is 12.2 Å². The molecule has 0 radical (unpaired) electrons. The topological polar surface area (TPSA) is 25.4 Å². The third-order valence-corrected chi connectivity index (χ3v) is 3.23. The van der Waals surface area contributed by atoms with Crippen LogP contribution in [0.2, 0.25) is 0 Å². The molecule has 1 aliphatic rings. The average molecular weight is 240 g/mol. The molecule has 92 valence electrons. The SMILES string of the molecule is CN1CCOc2ccc(Cc3ccccn3)cc21. The number of rotatable bonds is 2. The van der Waals surface area contributed by atoms with Crippen LogP contribution in [0, 0.1) is 0 Å². The highest BCUT2D eigenvalue weighted by Gasteiger charge is 2.14. The molecule has 3 heteroatoms. The molecule has 2 heterocycles. The van der Waals surface area contributed by atoms with Gasteiger partial charge in [0, 0.05) is 25.4 Å². The summed E-state index contributed by atoms with van der Waals surface area (Å²) in [5, 5.41) is 0. The minimum atomic E-state index is 0.767. The first kappa shape index (κ1) is 11.1. The average Bonchev–Trinajstić information content (AvgIpc) is 2.41. The molecule has 1 aromatic carbocycles. The van der Waals surface area contributed by atoms with Gasteiger partial charge in [0.25, 0.3) is 0 Å². The molecule has 3 rings (SSSR count). The maximum Gasteiger partial charge on any atom is 0.142 e. The third-order valence-electron chi connectivity index (χ3n) is 3.23. The summed E-state index contributed by atoms with van der Waals surface area (Å²) in [5.74, 6) is 0.980. The third kappa shape index (κ3) is 2.16. The summed E-state index contributed by atoms with van der Waals surface area (Å²) >= 11 is 0. The number of nitrogens with zero attached hydrogens (tertiary/aromatic N) is 2. The fourth-order valence-corrected chi connectivity index (χ4v) is 2.22. The van der Waals surface area contributed by atoms with Crippen molar-refractivity contribution in [2.45, 2.75) is 6.42 Å². The number of hydrogen-bond acceptors (Lipinski definition) is 3. The van der Waals surface area contributed by atoms with E-state index in [1.807, 2.05) is 18.3 Å². The molecule has 3 nitrogen and oxygen atoms in total. The fraction of sp³-hybridized carbons (Fsp3) is 0.267. The van der Waals surface area contributed by atoms with Crippen LogP contribution >= 0.6 is 0 Å². The van der Waals surface area contributed by atoms with Crippen molar-refractivity contribution in [3.8, 4) is 5.75 Å². The molecular formula is C15H16N2O. The van der Waals surface area contributed by atoms with Gasteiger partial charge < -0.3 is 9.64 Å². The molecule has 1 aromatic heterocycles. The zero-order valence-electron chi connectivity index (χ0n) is 10.5. The van der Waals surface area contributed by atoms with Crippen molar-refractivity contribution in [2.75, 3.05) is 25.1 Å². The largest absolute Gasteiger partial charge is 0.490 e. The van der Waals surface area contributed by atoms with Crippen LogP contribution in [0.1, 0.15) is 11.3 Å². The van der Waals surface area contributed by atoms with E-state index in [4.69, 9.17) is 4.74 Å². The Kier molecular flexibility index (Phi) is 2.89. The first-order chi connectivity index (χ1) is 8.83. The van der Waals surface area contributed by atoms with Gasteiger partial charge in [0.15, 0.2) is 0 Å². The molecule has 0 saturated carbocycles. The second-order valence-electron chi connectivity index (χ2n) is 4.57. The van der Waals surface area contributed by atoms with Crippen molar-refractivity contribution in [1.82, 2.24) is 4.98 Å². The lowest BCUT2D eigenvalue weighted by Gasteiger charge is -2.28. The maximum absolute atomic E-state index is 5.64. The Morgan fingerprint density at radius 3 is 3.06 bits per heavy atom. The van der Waals surface area contributed by atoms with Gasteiger partial charge in [0.2, 0.25) is 0 Å². The minimum absolute atomic E-state index is 0.767. The van der Waals surface area contributed by atoms with Crippen LogP contribution in [0.25, 0.3) is 0 Å². The Hall–Kier alpha value is -2.03. The van der Waals surface area contributed by atoms with Crippen LogP contribution < -0.4 is 9.64 Å². The highest BCUT2D eigenvalue weighted by molar-refractivity contribution is 5.61. The Morgan fingerprint density at radius 2 is 2.22 bits per heavy atom. The van der Waals surface area contributed by atoms with Gasteiger partial charge in [-0.05, 0) is 29.8 Å².